The lowest BCUT2D eigenvalue weighted by Gasteiger charge is -2.17. The average molecular weight is 380 g/mol. The third-order valence-corrected chi connectivity index (χ3v) is 5.91. The molecule has 0 aliphatic heterocycles. The second-order valence-electron chi connectivity index (χ2n) is 8.48. The fourth-order valence-electron chi connectivity index (χ4n) is 4.31. The van der Waals surface area contributed by atoms with E-state index in [4.69, 9.17) is 4.99 Å². The van der Waals surface area contributed by atoms with Gasteiger partial charge in [0.1, 0.15) is 0 Å². The molecule has 0 aliphatic rings. The molecule has 0 N–H and O–H groups in total. The molecule has 0 heterocycles. The maximum Gasteiger partial charge on any atom is 0.0699 e. The van der Waals surface area contributed by atoms with Crippen LogP contribution in [0.4, 0.5) is 5.69 Å². The number of hydrogen-bond acceptors (Lipinski definition) is 1. The highest BCUT2D eigenvalue weighted by molar-refractivity contribution is 6.15. The number of aliphatic imine (C=N–C) groups is 1. The molecular weight excluding hydrogens is 350 g/mol. The van der Waals surface area contributed by atoms with Crippen molar-refractivity contribution in [2.24, 2.45) is 4.99 Å². The summed E-state index contributed by atoms with van der Waals surface area (Å²) in [6.45, 7) is 11.2. The minimum absolute atomic E-state index is 0.437. The molecule has 0 aromatic heterocycles. The molecule has 29 heavy (non-hydrogen) atoms. The third-order valence-electron chi connectivity index (χ3n) is 5.91. The van der Waals surface area contributed by atoms with Crippen molar-refractivity contribution in [2.75, 3.05) is 0 Å². The van der Waals surface area contributed by atoms with E-state index in [-0.39, 0.29) is 0 Å². The van der Waals surface area contributed by atoms with Gasteiger partial charge in [-0.25, -0.2) is 0 Å². The van der Waals surface area contributed by atoms with Crippen LogP contribution in [0.3, 0.4) is 0 Å². The maximum atomic E-state index is 5.12. The Balaban J connectivity index is 2.00. The Kier molecular flexibility index (Phi) is 5.24. The minimum Gasteiger partial charge on any atom is -0.256 e. The maximum absolute atomic E-state index is 5.12. The summed E-state index contributed by atoms with van der Waals surface area (Å²) in [5.41, 5.74) is 6.29. The fraction of sp³-hybridized carbons (Fsp3) is 0.250. The van der Waals surface area contributed by atoms with Crippen LogP contribution < -0.4 is 0 Å². The summed E-state index contributed by atoms with van der Waals surface area (Å²) in [7, 11) is 0. The van der Waals surface area contributed by atoms with Gasteiger partial charge in [-0.05, 0) is 57.0 Å². The van der Waals surface area contributed by atoms with Gasteiger partial charge < -0.3 is 0 Å². The van der Waals surface area contributed by atoms with Crippen LogP contribution in [0.5, 0.6) is 0 Å². The van der Waals surface area contributed by atoms with Gasteiger partial charge in [-0.15, -0.1) is 0 Å². The number of nitrogens with zero attached hydrogens (tertiary/aromatic N) is 1. The van der Waals surface area contributed by atoms with Gasteiger partial charge in [0.25, 0.3) is 0 Å². The Morgan fingerprint density at radius 2 is 1.07 bits per heavy atom. The van der Waals surface area contributed by atoms with Crippen molar-refractivity contribution in [1.29, 1.82) is 0 Å². The normalized spacial score (nSPS) is 12.1. The highest BCUT2D eigenvalue weighted by Crippen LogP contribution is 2.36. The van der Waals surface area contributed by atoms with E-state index >= 15 is 0 Å². The van der Waals surface area contributed by atoms with Gasteiger partial charge in [0, 0.05) is 11.8 Å². The van der Waals surface area contributed by atoms with Gasteiger partial charge in [-0.3, -0.25) is 4.99 Å². The first kappa shape index (κ1) is 19.4. The van der Waals surface area contributed by atoms with Crippen LogP contribution in [0.1, 0.15) is 61.8 Å². The van der Waals surface area contributed by atoms with Crippen LogP contribution >= 0.6 is 0 Å². The summed E-state index contributed by atoms with van der Waals surface area (Å²) in [6.07, 6.45) is 2.09. The van der Waals surface area contributed by atoms with E-state index < -0.39 is 0 Å². The highest BCUT2D eigenvalue weighted by atomic mass is 14.7. The molecule has 0 spiro atoms. The monoisotopic (exact) mass is 379 g/mol. The number of aryl methyl sites for hydroxylation is 1. The van der Waals surface area contributed by atoms with Gasteiger partial charge in [0.05, 0.1) is 5.69 Å². The van der Waals surface area contributed by atoms with Crippen molar-refractivity contribution in [1.82, 2.24) is 0 Å². The second kappa shape index (κ2) is 7.83. The van der Waals surface area contributed by atoms with E-state index in [0.717, 1.165) is 5.69 Å². The van der Waals surface area contributed by atoms with E-state index in [2.05, 4.69) is 108 Å². The van der Waals surface area contributed by atoms with Crippen LogP contribution in [0.2, 0.25) is 0 Å². The Hall–Kier alpha value is -2.93. The minimum atomic E-state index is 0.437. The molecule has 146 valence electrons. The molecule has 4 aromatic carbocycles. The van der Waals surface area contributed by atoms with Gasteiger partial charge in [-0.2, -0.15) is 0 Å². The summed E-state index contributed by atoms with van der Waals surface area (Å²) < 4.78 is 0. The van der Waals surface area contributed by atoms with Crippen LogP contribution in [-0.4, -0.2) is 6.21 Å². The number of para-hydroxylation sites is 1. The summed E-state index contributed by atoms with van der Waals surface area (Å²) >= 11 is 0. The predicted molar refractivity (Wildman–Crippen MR) is 128 cm³/mol. The molecule has 4 aromatic rings. The van der Waals surface area contributed by atoms with E-state index in [1.54, 1.807) is 0 Å². The second-order valence-corrected chi connectivity index (χ2v) is 8.48. The van der Waals surface area contributed by atoms with Crippen molar-refractivity contribution in [2.45, 2.75) is 46.5 Å². The number of fused-ring (bicyclic) bond motifs is 2. The molecule has 0 unspecified atom stereocenters. The summed E-state index contributed by atoms with van der Waals surface area (Å²) in [4.78, 5) is 5.12. The quantitative estimate of drug-likeness (QED) is 0.250. The molecule has 1 nitrogen and oxygen atoms in total. The lowest BCUT2D eigenvalue weighted by atomic mass is 9.92. The summed E-state index contributed by atoms with van der Waals surface area (Å²) in [5.74, 6) is 0.875. The Labute approximate surface area is 174 Å². The topological polar surface area (TPSA) is 12.4 Å². The number of hydrogen-bond donors (Lipinski definition) is 0. The first-order valence-electron chi connectivity index (χ1n) is 10.6. The molecule has 0 radical (unpaired) electrons. The molecule has 0 fully saturated rings. The zero-order valence-electron chi connectivity index (χ0n) is 18.0. The van der Waals surface area contributed by atoms with E-state index in [0.29, 0.717) is 11.8 Å². The Morgan fingerprint density at radius 3 is 1.52 bits per heavy atom. The van der Waals surface area contributed by atoms with Crippen molar-refractivity contribution in [3.63, 3.8) is 0 Å². The predicted octanol–water partition coefficient (Wildman–Crippen LogP) is 8.30. The van der Waals surface area contributed by atoms with Gasteiger partial charge >= 0.3 is 0 Å². The molecule has 0 amide bonds. The zero-order chi connectivity index (χ0) is 20.5. The largest absolute Gasteiger partial charge is 0.256 e. The van der Waals surface area contributed by atoms with Gasteiger partial charge in [-0.1, -0.05) is 94.4 Å². The first-order chi connectivity index (χ1) is 14.0. The van der Waals surface area contributed by atoms with Gasteiger partial charge in [0.15, 0.2) is 0 Å². The smallest absolute Gasteiger partial charge is 0.0699 e. The SMILES string of the molecule is Cc1c2ccccc2c(C=Nc2c(C(C)C)cccc2C(C)C)c2ccccc12. The average Bonchev–Trinajstić information content (AvgIpc) is 2.73. The molecular formula is C28H29N. The zero-order valence-corrected chi connectivity index (χ0v) is 18.0. The Bertz CT molecular complexity index is 1130. The van der Waals surface area contributed by atoms with Crippen molar-refractivity contribution < 1.29 is 0 Å². The van der Waals surface area contributed by atoms with Crippen molar-refractivity contribution in [3.05, 3.63) is 89.0 Å². The molecule has 0 saturated heterocycles. The fourth-order valence-corrected chi connectivity index (χ4v) is 4.31. The lowest BCUT2D eigenvalue weighted by molar-refractivity contribution is 0.835. The van der Waals surface area contributed by atoms with Crippen molar-refractivity contribution in [3.8, 4) is 0 Å². The molecule has 1 heteroatoms. The van der Waals surface area contributed by atoms with Crippen molar-refractivity contribution >= 4 is 33.4 Å². The first-order valence-corrected chi connectivity index (χ1v) is 10.6. The van der Waals surface area contributed by atoms with Gasteiger partial charge in [0.2, 0.25) is 0 Å². The van der Waals surface area contributed by atoms with Crippen LogP contribution in [-0.2, 0) is 0 Å². The molecule has 0 aliphatic carbocycles. The summed E-state index contributed by atoms with van der Waals surface area (Å²) in [5, 5.41) is 5.13. The van der Waals surface area contributed by atoms with Crippen LogP contribution in [0.15, 0.2) is 71.7 Å². The van der Waals surface area contributed by atoms with E-state index in [9.17, 15) is 0 Å². The molecule has 0 saturated carbocycles. The van der Waals surface area contributed by atoms with Crippen LogP contribution in [0.25, 0.3) is 21.5 Å². The van der Waals surface area contributed by atoms with E-state index in [1.165, 1.54) is 43.8 Å². The van der Waals surface area contributed by atoms with E-state index in [1.807, 2.05) is 0 Å². The number of rotatable bonds is 4. The number of benzene rings is 4. The summed E-state index contributed by atoms with van der Waals surface area (Å²) in [6, 6.07) is 24.0. The van der Waals surface area contributed by atoms with Crippen LogP contribution in [0, 0.1) is 6.92 Å². The third kappa shape index (κ3) is 3.46. The standard InChI is InChI=1S/C28H29N/c1-18(2)21-15-10-16-22(19(3)4)28(21)29-17-27-25-13-8-6-11-23(25)20(5)24-12-7-9-14-26(24)27/h6-19H,1-5H3. The molecule has 4 rings (SSSR count). The highest BCUT2D eigenvalue weighted by Gasteiger charge is 2.14. The Morgan fingerprint density at radius 1 is 0.621 bits per heavy atom. The molecule has 0 bridgehead atoms. The molecule has 0 atom stereocenters. The lowest BCUT2D eigenvalue weighted by Crippen LogP contribution is -1.96.